The van der Waals surface area contributed by atoms with E-state index in [9.17, 15) is 10.1 Å². The molecule has 0 saturated carbocycles. The molecule has 6 heteroatoms. The Morgan fingerprint density at radius 2 is 1.94 bits per heavy atom. The number of aliphatic hydroxyl groups is 1. The average Bonchev–Trinajstić information content (AvgIpc) is 2.48. The summed E-state index contributed by atoms with van der Waals surface area (Å²) in [6.45, 7) is 6.81. The van der Waals surface area contributed by atoms with Crippen molar-refractivity contribution in [1.82, 2.24) is 0 Å². The molecule has 0 radical (unpaired) electrons. The van der Waals surface area contributed by atoms with Gasteiger partial charge in [0, 0.05) is 14.6 Å². The molecule has 0 aliphatic rings. The summed E-state index contributed by atoms with van der Waals surface area (Å²) in [6.07, 6.45) is 0. The zero-order valence-electron chi connectivity index (χ0n) is 9.82. The molecule has 1 rings (SSSR count). The minimum absolute atomic E-state index is 0.712. The van der Waals surface area contributed by atoms with E-state index in [0.29, 0.717) is 4.78 Å². The summed E-state index contributed by atoms with van der Waals surface area (Å²) in [5.74, 6) is 0. The van der Waals surface area contributed by atoms with Gasteiger partial charge in [0.1, 0.15) is 0 Å². The van der Waals surface area contributed by atoms with Gasteiger partial charge in [-0.2, -0.15) is 11.3 Å². The van der Waals surface area contributed by atoms with Crippen LogP contribution in [-0.2, 0) is 4.65 Å². The molecule has 0 aliphatic heterocycles. The summed E-state index contributed by atoms with van der Waals surface area (Å²) in [6, 6.07) is 1.80. The molecule has 1 heterocycles. The molecule has 0 aromatic carbocycles. The van der Waals surface area contributed by atoms with Gasteiger partial charge in [0.15, 0.2) is 0 Å². The summed E-state index contributed by atoms with van der Waals surface area (Å²) in [4.78, 5) is 0. The van der Waals surface area contributed by atoms with Crippen LogP contribution in [0.15, 0.2) is 15.9 Å². The first kappa shape index (κ1) is 14.2. The molecular weight excluding hydrogens is 291 g/mol. The van der Waals surface area contributed by atoms with Crippen LogP contribution in [0.1, 0.15) is 27.7 Å². The van der Waals surface area contributed by atoms with Crippen LogP contribution in [0.4, 0.5) is 0 Å². The molecule has 2 N–H and O–H groups in total. The summed E-state index contributed by atoms with van der Waals surface area (Å²) in [5.41, 5.74) is -1.86. The van der Waals surface area contributed by atoms with Gasteiger partial charge in [-0.05, 0) is 49.7 Å². The summed E-state index contributed by atoms with van der Waals surface area (Å²) >= 11 is 4.72. The Bertz CT molecular complexity index is 359. The predicted octanol–water partition coefficient (Wildman–Crippen LogP) is 1.76. The standard InChI is InChI=1S/C10H16BBrO3S/c1-9(2,13)10(3,4)15-11(14)8-5-7(12)6-16-8/h5-6,13-14H,1-4H3. The van der Waals surface area contributed by atoms with E-state index in [2.05, 4.69) is 15.9 Å². The van der Waals surface area contributed by atoms with E-state index in [1.54, 1.807) is 33.8 Å². The first-order valence-electron chi connectivity index (χ1n) is 4.96. The van der Waals surface area contributed by atoms with Gasteiger partial charge in [-0.3, -0.25) is 0 Å². The first-order chi connectivity index (χ1) is 7.13. The summed E-state index contributed by atoms with van der Waals surface area (Å²) in [5, 5.41) is 21.7. The Hall–Kier alpha value is 0.125. The lowest BCUT2D eigenvalue weighted by Gasteiger charge is -2.38. The maximum Gasteiger partial charge on any atom is 0.502 e. The second-order valence-corrected chi connectivity index (χ2v) is 6.57. The summed E-state index contributed by atoms with van der Waals surface area (Å²) < 4.78 is 7.12. The van der Waals surface area contributed by atoms with Crippen molar-refractivity contribution in [3.63, 3.8) is 0 Å². The van der Waals surface area contributed by atoms with Crippen LogP contribution >= 0.6 is 27.3 Å². The average molecular weight is 307 g/mol. The van der Waals surface area contributed by atoms with Gasteiger partial charge in [0.05, 0.1) is 11.2 Å². The van der Waals surface area contributed by atoms with Crippen molar-refractivity contribution in [2.75, 3.05) is 0 Å². The SMILES string of the molecule is CC(C)(O)C(C)(C)OB(O)c1cc(Br)cs1. The highest BCUT2D eigenvalue weighted by molar-refractivity contribution is 9.10. The summed E-state index contributed by atoms with van der Waals surface area (Å²) in [7, 11) is -1.02. The number of thiophene rings is 1. The second-order valence-electron chi connectivity index (χ2n) is 4.71. The Kier molecular flexibility index (Phi) is 4.24. The highest BCUT2D eigenvalue weighted by atomic mass is 79.9. The van der Waals surface area contributed by atoms with Crippen LogP contribution in [0.2, 0.25) is 0 Å². The third-order valence-electron chi connectivity index (χ3n) is 2.71. The largest absolute Gasteiger partial charge is 0.502 e. The molecule has 0 spiro atoms. The predicted molar refractivity (Wildman–Crippen MR) is 71.1 cm³/mol. The second kappa shape index (κ2) is 4.78. The fourth-order valence-electron chi connectivity index (χ4n) is 0.939. The van der Waals surface area contributed by atoms with Gasteiger partial charge in [-0.25, -0.2) is 0 Å². The van der Waals surface area contributed by atoms with Crippen LogP contribution in [0.5, 0.6) is 0 Å². The smallest absolute Gasteiger partial charge is 0.423 e. The van der Waals surface area contributed by atoms with E-state index in [-0.39, 0.29) is 0 Å². The van der Waals surface area contributed by atoms with Crippen molar-refractivity contribution in [2.45, 2.75) is 38.9 Å². The van der Waals surface area contributed by atoms with Gasteiger partial charge in [0.2, 0.25) is 0 Å². The molecule has 0 aliphatic carbocycles. The van der Waals surface area contributed by atoms with E-state index < -0.39 is 18.3 Å². The van der Waals surface area contributed by atoms with E-state index >= 15 is 0 Å². The molecule has 0 saturated heterocycles. The van der Waals surface area contributed by atoms with Gasteiger partial charge in [-0.1, -0.05) is 0 Å². The van der Waals surface area contributed by atoms with Crippen LogP contribution in [0.3, 0.4) is 0 Å². The van der Waals surface area contributed by atoms with Crippen molar-refractivity contribution in [2.24, 2.45) is 0 Å². The van der Waals surface area contributed by atoms with E-state index in [4.69, 9.17) is 4.65 Å². The monoisotopic (exact) mass is 306 g/mol. The Morgan fingerprint density at radius 1 is 1.38 bits per heavy atom. The topological polar surface area (TPSA) is 49.7 Å². The van der Waals surface area contributed by atoms with Crippen molar-refractivity contribution in [3.8, 4) is 0 Å². The highest BCUT2D eigenvalue weighted by Crippen LogP contribution is 2.25. The van der Waals surface area contributed by atoms with E-state index in [0.717, 1.165) is 4.47 Å². The van der Waals surface area contributed by atoms with E-state index in [1.807, 2.05) is 5.38 Å². The van der Waals surface area contributed by atoms with Gasteiger partial charge < -0.3 is 14.8 Å². The van der Waals surface area contributed by atoms with Gasteiger partial charge in [-0.15, -0.1) is 0 Å². The van der Waals surface area contributed by atoms with E-state index in [1.165, 1.54) is 11.3 Å². The normalized spacial score (nSPS) is 12.9. The molecule has 0 bridgehead atoms. The Labute approximate surface area is 109 Å². The zero-order chi connectivity index (χ0) is 12.6. The highest BCUT2D eigenvalue weighted by Gasteiger charge is 2.39. The lowest BCUT2D eigenvalue weighted by atomic mass is 9.82. The molecule has 90 valence electrons. The fourth-order valence-corrected chi connectivity index (χ4v) is 2.29. The molecule has 1 aromatic heterocycles. The van der Waals surface area contributed by atoms with Gasteiger partial charge >= 0.3 is 7.12 Å². The molecule has 16 heavy (non-hydrogen) atoms. The molecule has 3 nitrogen and oxygen atoms in total. The number of rotatable bonds is 4. The number of hydrogen-bond acceptors (Lipinski definition) is 4. The molecule has 0 unspecified atom stereocenters. The maximum absolute atomic E-state index is 9.90. The Balaban J connectivity index is 2.75. The molecule has 1 aromatic rings. The van der Waals surface area contributed by atoms with Crippen LogP contribution in [0, 0.1) is 0 Å². The minimum atomic E-state index is -1.03. The zero-order valence-corrected chi connectivity index (χ0v) is 12.2. The molecule has 0 fully saturated rings. The molecule has 0 atom stereocenters. The first-order valence-corrected chi connectivity index (χ1v) is 6.63. The lowest BCUT2D eigenvalue weighted by molar-refractivity contribution is -0.0981. The number of hydrogen-bond donors (Lipinski definition) is 2. The third kappa shape index (κ3) is 3.31. The van der Waals surface area contributed by atoms with Crippen molar-refractivity contribution in [3.05, 3.63) is 15.9 Å². The van der Waals surface area contributed by atoms with Crippen LogP contribution in [-0.4, -0.2) is 28.5 Å². The van der Waals surface area contributed by atoms with Gasteiger partial charge in [0.25, 0.3) is 0 Å². The fraction of sp³-hybridized carbons (Fsp3) is 0.600. The van der Waals surface area contributed by atoms with Crippen molar-refractivity contribution in [1.29, 1.82) is 0 Å². The maximum atomic E-state index is 9.90. The molecular formula is C10H16BBrO3S. The van der Waals surface area contributed by atoms with Crippen molar-refractivity contribution < 1.29 is 14.8 Å². The van der Waals surface area contributed by atoms with Crippen LogP contribution < -0.4 is 4.78 Å². The third-order valence-corrected chi connectivity index (χ3v) is 4.44. The quantitative estimate of drug-likeness (QED) is 0.834. The lowest BCUT2D eigenvalue weighted by Crippen LogP contribution is -2.52. The van der Waals surface area contributed by atoms with Crippen LogP contribution in [0.25, 0.3) is 0 Å². The number of halogens is 1. The van der Waals surface area contributed by atoms with Crippen molar-refractivity contribution >= 4 is 39.2 Å². The molecule has 0 amide bonds. The minimum Gasteiger partial charge on any atom is -0.423 e. The Morgan fingerprint density at radius 3 is 2.31 bits per heavy atom.